The van der Waals surface area contributed by atoms with Gasteiger partial charge in [-0.25, -0.2) is 0 Å². The van der Waals surface area contributed by atoms with Crippen LogP contribution < -0.4 is 0 Å². The van der Waals surface area contributed by atoms with Crippen LogP contribution in [0, 0.1) is 0 Å². The Bertz CT molecular complexity index is 3320. The van der Waals surface area contributed by atoms with Crippen molar-refractivity contribution in [3.63, 3.8) is 0 Å². The lowest BCUT2D eigenvalue weighted by Crippen LogP contribution is -2.15. The third-order valence-corrected chi connectivity index (χ3v) is 12.2. The fourth-order valence-electron chi connectivity index (χ4n) is 10.1. The third kappa shape index (κ3) is 3.63. The molecule has 0 bridgehead atoms. The Morgan fingerprint density at radius 2 is 0.868 bits per heavy atom. The minimum Gasteiger partial charge on any atom is -0.309 e. The van der Waals surface area contributed by atoms with Gasteiger partial charge in [-0.05, 0) is 85.4 Å². The summed E-state index contributed by atoms with van der Waals surface area (Å²) in [5.41, 5.74) is 12.6. The van der Waals surface area contributed by atoms with E-state index in [1.807, 2.05) is 0 Å². The highest BCUT2D eigenvalue weighted by atomic mass is 15.0. The standard InChI is InChI=1S/C51H34N2/c1-51(2)42-25-13-10-22-38(42)45-48(51)46-39-23-11-14-26-43(39)53(50(46)47-40-24-12-15-27-44(40)52(49(45)47)31-16-4-3-5-17-31)32-28-29-37-35-20-7-6-18-33(35)34-19-8-9-21-36(34)41(37)30-32/h3-30H,1-2H3. The maximum atomic E-state index is 2.58. The second-order valence-electron chi connectivity index (χ2n) is 15.2. The van der Waals surface area contributed by atoms with Gasteiger partial charge >= 0.3 is 0 Å². The number of hydrogen-bond acceptors (Lipinski definition) is 0. The zero-order chi connectivity index (χ0) is 35.0. The molecule has 0 amide bonds. The molecule has 0 atom stereocenters. The number of para-hydroxylation sites is 3. The molecule has 2 nitrogen and oxygen atoms in total. The number of benzene rings is 9. The first-order chi connectivity index (χ1) is 26.1. The van der Waals surface area contributed by atoms with Gasteiger partial charge in [0.05, 0.1) is 22.1 Å². The Balaban J connectivity index is 1.35. The first-order valence-corrected chi connectivity index (χ1v) is 18.6. The molecular formula is C51H34N2. The fraction of sp³-hybridized carbons (Fsp3) is 0.0588. The number of hydrogen-bond donors (Lipinski definition) is 0. The smallest absolute Gasteiger partial charge is 0.0644 e. The van der Waals surface area contributed by atoms with Crippen molar-refractivity contribution in [1.82, 2.24) is 9.13 Å². The number of fused-ring (bicyclic) bond motifs is 18. The third-order valence-electron chi connectivity index (χ3n) is 12.2. The van der Waals surface area contributed by atoms with Gasteiger partial charge in [0.25, 0.3) is 0 Å². The molecule has 0 spiro atoms. The topological polar surface area (TPSA) is 9.86 Å². The van der Waals surface area contributed by atoms with E-state index in [0.717, 1.165) is 0 Å². The molecule has 1 aliphatic rings. The summed E-state index contributed by atoms with van der Waals surface area (Å²) in [4.78, 5) is 0. The summed E-state index contributed by atoms with van der Waals surface area (Å²) in [5.74, 6) is 0. The maximum Gasteiger partial charge on any atom is 0.0644 e. The first-order valence-electron chi connectivity index (χ1n) is 18.6. The van der Waals surface area contributed by atoms with Gasteiger partial charge < -0.3 is 9.13 Å². The van der Waals surface area contributed by atoms with Crippen molar-refractivity contribution < 1.29 is 0 Å². The van der Waals surface area contributed by atoms with Crippen LogP contribution in [0.15, 0.2) is 170 Å². The van der Waals surface area contributed by atoms with E-state index in [1.54, 1.807) is 0 Å². The number of rotatable bonds is 2. The molecule has 2 heteroatoms. The first kappa shape index (κ1) is 29.0. The highest BCUT2D eigenvalue weighted by molar-refractivity contribution is 6.32. The molecule has 2 heterocycles. The maximum absolute atomic E-state index is 2.58. The normalized spacial score (nSPS) is 13.6. The molecule has 9 aromatic carbocycles. The van der Waals surface area contributed by atoms with Crippen LogP contribution in [-0.4, -0.2) is 9.13 Å². The fourth-order valence-corrected chi connectivity index (χ4v) is 10.1. The van der Waals surface area contributed by atoms with E-state index in [4.69, 9.17) is 0 Å². The Labute approximate surface area is 306 Å². The highest BCUT2D eigenvalue weighted by Gasteiger charge is 2.41. The molecule has 2 aromatic heterocycles. The molecule has 53 heavy (non-hydrogen) atoms. The lowest BCUT2D eigenvalue weighted by atomic mass is 9.80. The van der Waals surface area contributed by atoms with Gasteiger partial charge in [-0.3, -0.25) is 0 Å². The Kier molecular flexibility index (Phi) is 5.60. The zero-order valence-corrected chi connectivity index (χ0v) is 29.6. The monoisotopic (exact) mass is 674 g/mol. The van der Waals surface area contributed by atoms with Crippen molar-refractivity contribution in [2.45, 2.75) is 19.3 Å². The van der Waals surface area contributed by atoms with E-state index in [9.17, 15) is 0 Å². The molecule has 0 radical (unpaired) electrons. The van der Waals surface area contributed by atoms with Gasteiger partial charge in [0, 0.05) is 43.9 Å². The predicted molar refractivity (Wildman–Crippen MR) is 225 cm³/mol. The van der Waals surface area contributed by atoms with Crippen LogP contribution >= 0.6 is 0 Å². The quantitative estimate of drug-likeness (QED) is 0.162. The minimum atomic E-state index is -0.218. The molecule has 0 saturated carbocycles. The van der Waals surface area contributed by atoms with E-state index in [2.05, 4.69) is 193 Å². The van der Waals surface area contributed by atoms with Gasteiger partial charge in [-0.2, -0.15) is 0 Å². The van der Waals surface area contributed by atoms with Gasteiger partial charge in [0.2, 0.25) is 0 Å². The van der Waals surface area contributed by atoms with E-state index < -0.39 is 0 Å². The lowest BCUT2D eigenvalue weighted by molar-refractivity contribution is 0.667. The van der Waals surface area contributed by atoms with Crippen LogP contribution in [0.3, 0.4) is 0 Å². The summed E-state index contributed by atoms with van der Waals surface area (Å²) < 4.78 is 5.11. The van der Waals surface area contributed by atoms with Gasteiger partial charge in [0.15, 0.2) is 0 Å². The number of nitrogens with zero attached hydrogens (tertiary/aromatic N) is 2. The Morgan fingerprint density at radius 3 is 1.53 bits per heavy atom. The molecule has 0 N–H and O–H groups in total. The summed E-state index contributed by atoms with van der Waals surface area (Å²) >= 11 is 0. The minimum absolute atomic E-state index is 0.218. The molecule has 11 aromatic rings. The van der Waals surface area contributed by atoms with Crippen molar-refractivity contribution in [2.75, 3.05) is 0 Å². The van der Waals surface area contributed by atoms with E-state index in [-0.39, 0.29) is 5.41 Å². The van der Waals surface area contributed by atoms with Gasteiger partial charge in [0.1, 0.15) is 0 Å². The molecule has 0 fully saturated rings. The summed E-state index contributed by atoms with van der Waals surface area (Å²) in [5, 5.41) is 12.9. The lowest BCUT2D eigenvalue weighted by Gasteiger charge is -2.23. The van der Waals surface area contributed by atoms with Gasteiger partial charge in [-0.1, -0.05) is 147 Å². The second-order valence-corrected chi connectivity index (χ2v) is 15.2. The Hall–Kier alpha value is -6.64. The van der Waals surface area contributed by atoms with Crippen molar-refractivity contribution in [3.8, 4) is 22.5 Å². The summed E-state index contributed by atoms with van der Waals surface area (Å²) in [6.07, 6.45) is 0. The van der Waals surface area contributed by atoms with Crippen molar-refractivity contribution in [3.05, 3.63) is 181 Å². The van der Waals surface area contributed by atoms with Crippen molar-refractivity contribution in [2.24, 2.45) is 0 Å². The molecule has 1 aliphatic carbocycles. The van der Waals surface area contributed by atoms with Crippen molar-refractivity contribution >= 4 is 75.9 Å². The average Bonchev–Trinajstić information content (AvgIpc) is 3.81. The molecular weight excluding hydrogens is 641 g/mol. The predicted octanol–water partition coefficient (Wildman–Crippen LogP) is 13.6. The molecule has 248 valence electrons. The SMILES string of the molecule is CC1(C)c2ccccc2-c2c1c1c3ccccc3n(-c3ccc4c5ccccc5c5ccccc5c4c3)c1c1c3ccccc3n(-c3ccccc3)c21. The molecule has 12 rings (SSSR count). The zero-order valence-electron chi connectivity index (χ0n) is 29.6. The van der Waals surface area contributed by atoms with Crippen LogP contribution in [0.5, 0.6) is 0 Å². The summed E-state index contributed by atoms with van der Waals surface area (Å²) in [7, 11) is 0. The summed E-state index contributed by atoms with van der Waals surface area (Å²) in [6, 6.07) is 63.1. The van der Waals surface area contributed by atoms with Gasteiger partial charge in [-0.15, -0.1) is 0 Å². The Morgan fingerprint density at radius 1 is 0.377 bits per heavy atom. The molecule has 0 aliphatic heterocycles. The number of aromatic nitrogens is 2. The average molecular weight is 675 g/mol. The second kappa shape index (κ2) is 10.2. The highest BCUT2D eigenvalue weighted by Crippen LogP contribution is 2.58. The van der Waals surface area contributed by atoms with E-state index >= 15 is 0 Å². The van der Waals surface area contributed by atoms with Crippen LogP contribution in [0.2, 0.25) is 0 Å². The largest absolute Gasteiger partial charge is 0.309 e. The van der Waals surface area contributed by atoms with Crippen LogP contribution in [0.25, 0.3) is 98.4 Å². The van der Waals surface area contributed by atoms with Crippen LogP contribution in [-0.2, 0) is 5.41 Å². The summed E-state index contributed by atoms with van der Waals surface area (Å²) in [6.45, 7) is 4.86. The van der Waals surface area contributed by atoms with E-state index in [1.165, 1.54) is 110 Å². The van der Waals surface area contributed by atoms with Crippen molar-refractivity contribution in [1.29, 1.82) is 0 Å². The van der Waals surface area contributed by atoms with Crippen LogP contribution in [0.1, 0.15) is 25.0 Å². The molecule has 0 unspecified atom stereocenters. The van der Waals surface area contributed by atoms with Crippen LogP contribution in [0.4, 0.5) is 0 Å². The van der Waals surface area contributed by atoms with E-state index in [0.29, 0.717) is 0 Å². The molecule has 0 saturated heterocycles.